The number of nitrogens with one attached hydrogen (secondary N) is 2. The Kier molecular flexibility index (Phi) is 10.6. The van der Waals surface area contributed by atoms with Gasteiger partial charge in [0.2, 0.25) is 0 Å². The van der Waals surface area contributed by atoms with Crippen molar-refractivity contribution in [3.63, 3.8) is 0 Å². The number of guanidine groups is 1. The molecule has 1 saturated heterocycles. The molecule has 1 unspecified atom stereocenters. The molecule has 0 aromatic heterocycles. The van der Waals surface area contributed by atoms with Crippen LogP contribution in [0.3, 0.4) is 0 Å². The Hall–Kier alpha value is -1.64. The minimum atomic E-state index is -0.760. The molecule has 1 atom stereocenters. The SMILES string of the molecule is CCNC(=NCC1(O)CCOCC1)NCC(Cc1ccccc1)c1ccccc1.I. The summed E-state index contributed by atoms with van der Waals surface area (Å²) >= 11 is 0. The zero-order valence-corrected chi connectivity index (χ0v) is 20.0. The van der Waals surface area contributed by atoms with Gasteiger partial charge in [0.25, 0.3) is 0 Å². The van der Waals surface area contributed by atoms with E-state index in [1.165, 1.54) is 11.1 Å². The Labute approximate surface area is 197 Å². The topological polar surface area (TPSA) is 65.9 Å². The van der Waals surface area contributed by atoms with Crippen LogP contribution in [0.5, 0.6) is 0 Å². The highest BCUT2D eigenvalue weighted by molar-refractivity contribution is 14.0. The van der Waals surface area contributed by atoms with Gasteiger partial charge in [-0.05, 0) is 24.5 Å². The van der Waals surface area contributed by atoms with E-state index in [1.54, 1.807) is 0 Å². The molecule has 0 aliphatic carbocycles. The number of hydrogen-bond acceptors (Lipinski definition) is 3. The van der Waals surface area contributed by atoms with Crippen LogP contribution in [0.25, 0.3) is 0 Å². The first-order valence-electron chi connectivity index (χ1n) is 10.6. The van der Waals surface area contributed by atoms with E-state index in [9.17, 15) is 5.11 Å². The van der Waals surface area contributed by atoms with Gasteiger partial charge in [0.15, 0.2) is 5.96 Å². The molecule has 2 aromatic rings. The van der Waals surface area contributed by atoms with Crippen molar-refractivity contribution in [3.05, 3.63) is 71.8 Å². The molecule has 0 spiro atoms. The molecule has 0 radical (unpaired) electrons. The van der Waals surface area contributed by atoms with Gasteiger partial charge in [-0.15, -0.1) is 24.0 Å². The summed E-state index contributed by atoms with van der Waals surface area (Å²) < 4.78 is 5.36. The van der Waals surface area contributed by atoms with E-state index in [0.29, 0.717) is 38.5 Å². The molecular formula is C24H34IN3O2. The van der Waals surface area contributed by atoms with Crippen LogP contribution >= 0.6 is 24.0 Å². The van der Waals surface area contributed by atoms with Crippen LogP contribution < -0.4 is 10.6 Å². The van der Waals surface area contributed by atoms with Crippen LogP contribution in [0, 0.1) is 0 Å². The summed E-state index contributed by atoms with van der Waals surface area (Å²) in [6.45, 7) is 5.19. The Morgan fingerprint density at radius 2 is 1.67 bits per heavy atom. The van der Waals surface area contributed by atoms with Gasteiger partial charge >= 0.3 is 0 Å². The summed E-state index contributed by atoms with van der Waals surface area (Å²) in [4.78, 5) is 4.67. The molecule has 0 bridgehead atoms. The van der Waals surface area contributed by atoms with Crippen molar-refractivity contribution >= 4 is 29.9 Å². The molecule has 30 heavy (non-hydrogen) atoms. The second-order valence-electron chi connectivity index (χ2n) is 7.71. The summed E-state index contributed by atoms with van der Waals surface area (Å²) in [5.41, 5.74) is 1.87. The average molecular weight is 523 g/mol. The summed E-state index contributed by atoms with van der Waals surface area (Å²) in [6.07, 6.45) is 2.23. The molecule has 5 nitrogen and oxygen atoms in total. The summed E-state index contributed by atoms with van der Waals surface area (Å²) in [6, 6.07) is 21.2. The highest BCUT2D eigenvalue weighted by Crippen LogP contribution is 2.21. The number of rotatable bonds is 8. The zero-order chi connectivity index (χ0) is 20.4. The van der Waals surface area contributed by atoms with Gasteiger partial charge in [0.05, 0.1) is 12.1 Å². The fourth-order valence-corrected chi connectivity index (χ4v) is 3.63. The number of aliphatic hydroxyl groups is 1. The summed E-state index contributed by atoms with van der Waals surface area (Å²) in [7, 11) is 0. The normalized spacial score (nSPS) is 16.9. The smallest absolute Gasteiger partial charge is 0.191 e. The average Bonchev–Trinajstić information content (AvgIpc) is 2.76. The number of aliphatic imine (C=N–C) groups is 1. The number of hydrogen-bond donors (Lipinski definition) is 3. The maximum absolute atomic E-state index is 10.7. The molecule has 3 N–H and O–H groups in total. The maximum Gasteiger partial charge on any atom is 0.191 e. The van der Waals surface area contributed by atoms with E-state index in [2.05, 4.69) is 83.2 Å². The zero-order valence-electron chi connectivity index (χ0n) is 17.7. The highest BCUT2D eigenvalue weighted by Gasteiger charge is 2.29. The lowest BCUT2D eigenvalue weighted by Crippen LogP contribution is -2.43. The van der Waals surface area contributed by atoms with E-state index in [4.69, 9.17) is 4.74 Å². The summed E-state index contributed by atoms with van der Waals surface area (Å²) in [5, 5.41) is 17.5. The van der Waals surface area contributed by atoms with Crippen molar-refractivity contribution in [2.24, 2.45) is 4.99 Å². The molecule has 1 aliphatic heterocycles. The number of halogens is 1. The third kappa shape index (κ3) is 7.89. The maximum atomic E-state index is 10.7. The predicted octanol–water partition coefficient (Wildman–Crippen LogP) is 3.73. The lowest BCUT2D eigenvalue weighted by Gasteiger charge is -2.30. The molecule has 1 heterocycles. The fraction of sp³-hybridized carbons (Fsp3) is 0.458. The van der Waals surface area contributed by atoms with Crippen molar-refractivity contribution in [2.45, 2.75) is 37.7 Å². The fourth-order valence-electron chi connectivity index (χ4n) is 3.63. The second-order valence-corrected chi connectivity index (χ2v) is 7.71. The Bertz CT molecular complexity index is 750. The van der Waals surface area contributed by atoms with Gasteiger partial charge in [0.1, 0.15) is 0 Å². The van der Waals surface area contributed by atoms with Crippen LogP contribution in [0.2, 0.25) is 0 Å². The van der Waals surface area contributed by atoms with Gasteiger partial charge in [-0.3, -0.25) is 4.99 Å². The van der Waals surface area contributed by atoms with Crippen LogP contribution in [0.1, 0.15) is 36.8 Å². The van der Waals surface area contributed by atoms with Gasteiger partial charge in [0, 0.05) is 45.1 Å². The molecule has 0 amide bonds. The first-order valence-corrected chi connectivity index (χ1v) is 10.6. The lowest BCUT2D eigenvalue weighted by atomic mass is 9.92. The number of nitrogens with zero attached hydrogens (tertiary/aromatic N) is 1. The van der Waals surface area contributed by atoms with Crippen molar-refractivity contribution in [1.82, 2.24) is 10.6 Å². The first-order chi connectivity index (χ1) is 14.2. The standard InChI is InChI=1S/C24H33N3O2.HI/c1-2-25-23(27-19-24(28)13-15-29-16-14-24)26-18-22(21-11-7-4-8-12-21)17-20-9-5-3-6-10-20;/h3-12,22,28H,2,13-19H2,1H3,(H2,25,26,27);1H. The van der Waals surface area contributed by atoms with Crippen LogP contribution in [0.4, 0.5) is 0 Å². The minimum Gasteiger partial charge on any atom is -0.388 e. The predicted molar refractivity (Wildman–Crippen MR) is 134 cm³/mol. The van der Waals surface area contributed by atoms with Crippen molar-refractivity contribution in [1.29, 1.82) is 0 Å². The summed E-state index contributed by atoms with van der Waals surface area (Å²) in [5.74, 6) is 1.08. The van der Waals surface area contributed by atoms with E-state index < -0.39 is 5.60 Å². The van der Waals surface area contributed by atoms with Gasteiger partial charge in [-0.2, -0.15) is 0 Å². The van der Waals surface area contributed by atoms with Crippen LogP contribution in [-0.2, 0) is 11.2 Å². The Balaban J connectivity index is 0.00000320. The molecule has 164 valence electrons. The first kappa shape index (κ1) is 24.6. The van der Waals surface area contributed by atoms with Gasteiger partial charge in [-0.25, -0.2) is 0 Å². The van der Waals surface area contributed by atoms with Crippen molar-refractivity contribution in [3.8, 4) is 0 Å². The van der Waals surface area contributed by atoms with Crippen LogP contribution in [-0.4, -0.2) is 49.5 Å². The van der Waals surface area contributed by atoms with Crippen molar-refractivity contribution in [2.75, 3.05) is 32.8 Å². The Morgan fingerprint density at radius 1 is 1.03 bits per heavy atom. The van der Waals surface area contributed by atoms with E-state index >= 15 is 0 Å². The van der Waals surface area contributed by atoms with E-state index in [0.717, 1.165) is 25.5 Å². The molecule has 3 rings (SSSR count). The second kappa shape index (κ2) is 12.9. The van der Waals surface area contributed by atoms with Crippen molar-refractivity contribution < 1.29 is 9.84 Å². The van der Waals surface area contributed by atoms with E-state index in [1.807, 2.05) is 0 Å². The Morgan fingerprint density at radius 3 is 2.30 bits per heavy atom. The molecule has 0 saturated carbocycles. The monoisotopic (exact) mass is 523 g/mol. The molecule has 2 aromatic carbocycles. The van der Waals surface area contributed by atoms with Crippen LogP contribution in [0.15, 0.2) is 65.7 Å². The number of ether oxygens (including phenoxy) is 1. The van der Waals surface area contributed by atoms with Gasteiger partial charge < -0.3 is 20.5 Å². The number of benzene rings is 2. The lowest BCUT2D eigenvalue weighted by molar-refractivity contribution is -0.0565. The molecule has 1 aliphatic rings. The molecule has 6 heteroatoms. The minimum absolute atomic E-state index is 0. The highest BCUT2D eigenvalue weighted by atomic mass is 127. The molecule has 1 fully saturated rings. The van der Waals surface area contributed by atoms with Gasteiger partial charge in [-0.1, -0.05) is 60.7 Å². The largest absolute Gasteiger partial charge is 0.388 e. The van der Waals surface area contributed by atoms with E-state index in [-0.39, 0.29) is 24.0 Å². The quantitative estimate of drug-likeness (QED) is 0.281. The third-order valence-electron chi connectivity index (χ3n) is 5.41. The molecular weight excluding hydrogens is 489 g/mol. The third-order valence-corrected chi connectivity index (χ3v) is 5.41.